The fraction of sp³-hybridized carbons (Fsp3) is 0.900. The van der Waals surface area contributed by atoms with Crippen molar-refractivity contribution in [2.24, 2.45) is 5.73 Å². The summed E-state index contributed by atoms with van der Waals surface area (Å²) in [6, 6.07) is 2.11. The summed E-state index contributed by atoms with van der Waals surface area (Å²) in [6.45, 7) is 6.48. The lowest BCUT2D eigenvalue weighted by molar-refractivity contribution is -0.0560. The Hall–Kier alpha value is -0.630. The van der Waals surface area contributed by atoms with E-state index in [1.165, 1.54) is 0 Å². The Balaban J connectivity index is 2.49. The molecular weight excluding hydrogens is 178 g/mol. The van der Waals surface area contributed by atoms with Gasteiger partial charge in [-0.25, -0.2) is 0 Å². The van der Waals surface area contributed by atoms with Gasteiger partial charge in [-0.3, -0.25) is 4.90 Å². The molecule has 0 aromatic heterocycles. The Morgan fingerprint density at radius 3 is 3.00 bits per heavy atom. The molecule has 4 heteroatoms. The molecule has 1 rings (SSSR count). The molecule has 0 amide bonds. The van der Waals surface area contributed by atoms with Crippen LogP contribution in [0.1, 0.15) is 20.3 Å². The van der Waals surface area contributed by atoms with E-state index < -0.39 is 0 Å². The van der Waals surface area contributed by atoms with E-state index in [1.54, 1.807) is 0 Å². The fourth-order valence-corrected chi connectivity index (χ4v) is 1.81. The van der Waals surface area contributed by atoms with Gasteiger partial charge in [0.1, 0.15) is 6.04 Å². The van der Waals surface area contributed by atoms with Gasteiger partial charge in [-0.1, -0.05) is 6.92 Å². The van der Waals surface area contributed by atoms with Crippen molar-refractivity contribution in [1.82, 2.24) is 4.90 Å². The summed E-state index contributed by atoms with van der Waals surface area (Å²) in [7, 11) is 0. The largest absolute Gasteiger partial charge is 0.376 e. The fourth-order valence-electron chi connectivity index (χ4n) is 1.81. The molecule has 3 unspecified atom stereocenters. The Labute approximate surface area is 85.6 Å². The van der Waals surface area contributed by atoms with Crippen molar-refractivity contribution in [3.8, 4) is 6.07 Å². The van der Waals surface area contributed by atoms with Gasteiger partial charge in [0, 0.05) is 19.1 Å². The summed E-state index contributed by atoms with van der Waals surface area (Å²) >= 11 is 0. The third-order valence-electron chi connectivity index (χ3n) is 2.65. The van der Waals surface area contributed by atoms with Crippen LogP contribution < -0.4 is 5.73 Å². The summed E-state index contributed by atoms with van der Waals surface area (Å²) in [4.78, 5) is 2.27. The summed E-state index contributed by atoms with van der Waals surface area (Å²) in [6.07, 6.45) is 1.30. The topological polar surface area (TPSA) is 62.3 Å². The Morgan fingerprint density at radius 1 is 1.71 bits per heavy atom. The predicted octanol–water partition coefficient (Wildman–Crippen LogP) is 0.337. The highest BCUT2D eigenvalue weighted by Gasteiger charge is 2.26. The molecule has 0 saturated carbocycles. The molecule has 1 saturated heterocycles. The van der Waals surface area contributed by atoms with Crippen LogP contribution in [0.25, 0.3) is 0 Å². The molecule has 14 heavy (non-hydrogen) atoms. The predicted molar refractivity (Wildman–Crippen MR) is 54.7 cm³/mol. The first-order valence-electron chi connectivity index (χ1n) is 5.18. The summed E-state index contributed by atoms with van der Waals surface area (Å²) in [5.41, 5.74) is 5.62. The SMILES string of the molecule is CCC1COC(C)CN1CC(N)C#N. The van der Waals surface area contributed by atoms with Crippen molar-refractivity contribution in [2.75, 3.05) is 19.7 Å². The van der Waals surface area contributed by atoms with E-state index >= 15 is 0 Å². The zero-order valence-electron chi connectivity index (χ0n) is 8.94. The monoisotopic (exact) mass is 197 g/mol. The van der Waals surface area contributed by atoms with Crippen LogP contribution in [0.15, 0.2) is 0 Å². The van der Waals surface area contributed by atoms with E-state index in [9.17, 15) is 0 Å². The number of ether oxygens (including phenoxy) is 1. The van der Waals surface area contributed by atoms with Gasteiger partial charge in [-0.15, -0.1) is 0 Å². The molecule has 1 heterocycles. The second-order valence-corrected chi connectivity index (χ2v) is 3.90. The van der Waals surface area contributed by atoms with Gasteiger partial charge in [-0.05, 0) is 13.3 Å². The minimum Gasteiger partial charge on any atom is -0.376 e. The van der Waals surface area contributed by atoms with Crippen LogP contribution in [0.4, 0.5) is 0 Å². The van der Waals surface area contributed by atoms with Gasteiger partial charge in [0.2, 0.25) is 0 Å². The van der Waals surface area contributed by atoms with Crippen LogP contribution in [0.2, 0.25) is 0 Å². The molecule has 1 fully saturated rings. The van der Waals surface area contributed by atoms with Gasteiger partial charge in [-0.2, -0.15) is 5.26 Å². The quantitative estimate of drug-likeness (QED) is 0.708. The van der Waals surface area contributed by atoms with Gasteiger partial charge in [0.15, 0.2) is 0 Å². The lowest BCUT2D eigenvalue weighted by Gasteiger charge is -2.38. The number of rotatable bonds is 3. The average Bonchev–Trinajstić information content (AvgIpc) is 2.18. The molecule has 3 atom stereocenters. The first kappa shape index (κ1) is 11.4. The standard InChI is InChI=1S/C10H19N3O/c1-3-10-7-14-8(2)5-13(10)6-9(12)4-11/h8-10H,3,5-7,12H2,1-2H3. The number of hydrogen-bond acceptors (Lipinski definition) is 4. The molecule has 0 aromatic carbocycles. The van der Waals surface area contributed by atoms with Gasteiger partial charge < -0.3 is 10.5 Å². The lowest BCUT2D eigenvalue weighted by Crippen LogP contribution is -2.52. The normalized spacial score (nSPS) is 31.0. The maximum absolute atomic E-state index is 8.66. The van der Waals surface area contributed by atoms with Crippen LogP contribution in [-0.2, 0) is 4.74 Å². The molecule has 0 aromatic rings. The minimum atomic E-state index is -0.380. The first-order chi connectivity index (χ1) is 6.67. The third-order valence-corrected chi connectivity index (χ3v) is 2.65. The van der Waals surface area contributed by atoms with E-state index in [2.05, 4.69) is 24.8 Å². The van der Waals surface area contributed by atoms with Crippen LogP contribution in [0, 0.1) is 11.3 Å². The van der Waals surface area contributed by atoms with E-state index in [0.717, 1.165) is 19.6 Å². The molecule has 0 spiro atoms. The highest BCUT2D eigenvalue weighted by atomic mass is 16.5. The highest BCUT2D eigenvalue weighted by Crippen LogP contribution is 2.14. The van der Waals surface area contributed by atoms with Gasteiger partial charge >= 0.3 is 0 Å². The van der Waals surface area contributed by atoms with Crippen LogP contribution >= 0.6 is 0 Å². The van der Waals surface area contributed by atoms with Crippen molar-refractivity contribution in [2.45, 2.75) is 38.5 Å². The highest BCUT2D eigenvalue weighted by molar-refractivity contribution is 4.91. The van der Waals surface area contributed by atoms with E-state index in [0.29, 0.717) is 12.6 Å². The van der Waals surface area contributed by atoms with E-state index in [-0.39, 0.29) is 12.1 Å². The van der Waals surface area contributed by atoms with E-state index in [4.69, 9.17) is 15.7 Å². The molecule has 0 radical (unpaired) electrons. The Kier molecular flexibility index (Phi) is 4.33. The van der Waals surface area contributed by atoms with Crippen molar-refractivity contribution in [3.63, 3.8) is 0 Å². The first-order valence-corrected chi connectivity index (χ1v) is 5.18. The van der Waals surface area contributed by atoms with Crippen molar-refractivity contribution in [1.29, 1.82) is 5.26 Å². The number of hydrogen-bond donors (Lipinski definition) is 1. The van der Waals surface area contributed by atoms with Crippen molar-refractivity contribution in [3.05, 3.63) is 0 Å². The smallest absolute Gasteiger partial charge is 0.106 e. The summed E-state index contributed by atoms with van der Waals surface area (Å²) in [5, 5.41) is 8.66. The van der Waals surface area contributed by atoms with Crippen LogP contribution in [0.3, 0.4) is 0 Å². The number of nitriles is 1. The van der Waals surface area contributed by atoms with Crippen molar-refractivity contribution < 1.29 is 4.74 Å². The molecule has 0 aliphatic carbocycles. The molecule has 80 valence electrons. The number of nitrogens with zero attached hydrogens (tertiary/aromatic N) is 2. The van der Waals surface area contributed by atoms with Gasteiger partial charge in [0.05, 0.1) is 18.8 Å². The Bertz CT molecular complexity index is 214. The van der Waals surface area contributed by atoms with E-state index in [1.807, 2.05) is 0 Å². The average molecular weight is 197 g/mol. The molecule has 1 aliphatic heterocycles. The lowest BCUT2D eigenvalue weighted by atomic mass is 10.1. The third kappa shape index (κ3) is 2.95. The van der Waals surface area contributed by atoms with Crippen molar-refractivity contribution >= 4 is 0 Å². The second kappa shape index (κ2) is 5.30. The van der Waals surface area contributed by atoms with Gasteiger partial charge in [0.25, 0.3) is 0 Å². The molecule has 1 aliphatic rings. The summed E-state index contributed by atoms with van der Waals surface area (Å²) < 4.78 is 5.56. The number of morpholine rings is 1. The molecule has 2 N–H and O–H groups in total. The maximum Gasteiger partial charge on any atom is 0.106 e. The maximum atomic E-state index is 8.66. The summed E-state index contributed by atoms with van der Waals surface area (Å²) in [5.74, 6) is 0. The molecule has 0 bridgehead atoms. The number of nitrogens with two attached hydrogens (primary N) is 1. The zero-order chi connectivity index (χ0) is 10.6. The minimum absolute atomic E-state index is 0.253. The molecule has 4 nitrogen and oxygen atoms in total. The van der Waals surface area contributed by atoms with Crippen LogP contribution in [0.5, 0.6) is 0 Å². The molecular formula is C10H19N3O. The Morgan fingerprint density at radius 2 is 2.43 bits per heavy atom. The second-order valence-electron chi connectivity index (χ2n) is 3.90. The van der Waals surface area contributed by atoms with Crippen LogP contribution in [-0.4, -0.2) is 42.8 Å². The zero-order valence-corrected chi connectivity index (χ0v) is 8.94.